The first-order valence-electron chi connectivity index (χ1n) is 18.8. The van der Waals surface area contributed by atoms with Crippen molar-refractivity contribution in [2.75, 3.05) is 12.4 Å². The summed E-state index contributed by atoms with van der Waals surface area (Å²) < 4.78 is 18.7. The predicted molar refractivity (Wildman–Crippen MR) is 214 cm³/mol. The number of ether oxygens (including phenoxy) is 3. The number of pyridine rings is 1. The number of nitrogens with zero attached hydrogens (tertiary/aromatic N) is 2. The number of esters is 1. The second kappa shape index (κ2) is 16.8. The van der Waals surface area contributed by atoms with E-state index in [4.69, 9.17) is 19.2 Å². The summed E-state index contributed by atoms with van der Waals surface area (Å²) in [6.07, 6.45) is 7.21. The Kier molecular flexibility index (Phi) is 12.5. The van der Waals surface area contributed by atoms with E-state index in [9.17, 15) is 34.8 Å². The highest BCUT2D eigenvalue weighted by molar-refractivity contribution is 6.28. The Hall–Kier alpha value is -5.40. The zero-order chi connectivity index (χ0) is 41.3. The minimum Gasteiger partial charge on any atom is -0.516 e. The smallest absolute Gasteiger partial charge is 0.302 e. The van der Waals surface area contributed by atoms with Gasteiger partial charge in [0.1, 0.15) is 40.0 Å². The molecule has 300 valence electrons. The monoisotopic (exact) mass is 771 g/mol. The first-order chi connectivity index (χ1) is 26.4. The summed E-state index contributed by atoms with van der Waals surface area (Å²) in [5.74, 6) is -2.68. The van der Waals surface area contributed by atoms with Crippen LogP contribution in [0, 0.1) is 37.5 Å². The van der Waals surface area contributed by atoms with Crippen molar-refractivity contribution in [1.29, 1.82) is 0 Å². The van der Waals surface area contributed by atoms with Crippen LogP contribution in [0.1, 0.15) is 76.4 Å². The lowest BCUT2D eigenvalue weighted by molar-refractivity contribution is -0.155. The summed E-state index contributed by atoms with van der Waals surface area (Å²) in [5.41, 5.74) is 2.88. The van der Waals surface area contributed by atoms with E-state index in [1.54, 1.807) is 49.6 Å². The van der Waals surface area contributed by atoms with E-state index in [2.05, 4.69) is 5.32 Å². The van der Waals surface area contributed by atoms with Gasteiger partial charge in [-0.3, -0.25) is 18.8 Å². The van der Waals surface area contributed by atoms with Crippen LogP contribution in [-0.2, 0) is 19.1 Å². The molecule has 0 bridgehead atoms. The standard InChI is InChI=1S/C43H53N3O10/c1-20-14-16-46-30(18-20)44-34-31-32(38(50)26(7)42-33(31)39(51)27(8)55-42)40(52)35(36(34)46)45-43(53)22(3)13-11-12-21(2)37(49)23(4)19-24(5)41(56-28(9)48)25(6)29(54-10)15-17-47/h11-18,21,23-25,27,29,37,41,47,49-50,52H,19H2,1-10H3,(H,45,53)/b12-11+,17-15+,22-13-/t21-,23-,24+,25+,27-,29-,37-,41-/m0/s1. The molecule has 0 radical (unpaired) electrons. The molecule has 0 unspecified atom stereocenters. The number of aliphatic hydroxyl groups excluding tert-OH is 2. The number of Topliss-reactive ketones (excluding diaryl/α,β-unsaturated/α-hetero) is 1. The topological polar surface area (TPSA) is 189 Å². The largest absolute Gasteiger partial charge is 0.516 e. The Labute approximate surface area is 326 Å². The van der Waals surface area contributed by atoms with Crippen molar-refractivity contribution in [3.8, 4) is 17.2 Å². The zero-order valence-electron chi connectivity index (χ0n) is 33.6. The molecule has 1 amide bonds. The lowest BCUT2D eigenvalue weighted by Crippen LogP contribution is -2.39. The van der Waals surface area contributed by atoms with Gasteiger partial charge in [0.25, 0.3) is 5.91 Å². The number of anilines is 1. The predicted octanol–water partition coefficient (Wildman–Crippen LogP) is 7.39. The molecule has 1 aliphatic heterocycles. The molecule has 0 saturated carbocycles. The molecule has 0 saturated heterocycles. The van der Waals surface area contributed by atoms with Crippen LogP contribution in [0.2, 0.25) is 0 Å². The molecule has 13 heteroatoms. The quantitative estimate of drug-likeness (QED) is 0.0283. The molecule has 5 rings (SSSR count). The highest BCUT2D eigenvalue weighted by Gasteiger charge is 2.38. The number of ketones is 1. The summed E-state index contributed by atoms with van der Waals surface area (Å²) in [5, 5.41) is 46.8. The van der Waals surface area contributed by atoms with Crippen molar-refractivity contribution >= 4 is 50.8 Å². The normalized spacial score (nSPS) is 18.6. The maximum atomic E-state index is 13.7. The number of phenols is 2. The number of allylic oxidation sites excluding steroid dienone is 2. The number of hydrogen-bond acceptors (Lipinski definition) is 11. The SMILES string of the molecule is CO[C@@H](/C=C/O)[C@@H](C)[C@@H](OC(C)=O)[C@H](C)C[C@H](C)[C@@H](O)[C@@H](C)/C=C/C=C(/C)C(=O)Nc1c(O)c2c(O)c(C)c3c(c2c2nc4cc(C)ccn4c12)C(=O)[C@H](C)O3. The number of benzene rings is 2. The number of amides is 1. The third-order valence-corrected chi connectivity index (χ3v) is 11.0. The number of aromatic hydroxyl groups is 2. The molecule has 3 heterocycles. The van der Waals surface area contributed by atoms with Gasteiger partial charge in [0, 0.05) is 48.6 Å². The molecule has 1 aliphatic rings. The summed E-state index contributed by atoms with van der Waals surface area (Å²) in [7, 11) is 1.52. The van der Waals surface area contributed by atoms with Crippen LogP contribution in [-0.4, -0.2) is 79.0 Å². The fourth-order valence-corrected chi connectivity index (χ4v) is 7.87. The highest BCUT2D eigenvalue weighted by Crippen LogP contribution is 2.52. The van der Waals surface area contributed by atoms with Crippen molar-refractivity contribution in [2.24, 2.45) is 23.7 Å². The van der Waals surface area contributed by atoms with E-state index < -0.39 is 42.0 Å². The number of methoxy groups -OCH3 is 1. The van der Waals surface area contributed by atoms with Gasteiger partial charge < -0.3 is 40.0 Å². The van der Waals surface area contributed by atoms with Crippen molar-refractivity contribution in [3.05, 3.63) is 71.2 Å². The van der Waals surface area contributed by atoms with Crippen LogP contribution in [0.25, 0.3) is 27.5 Å². The minimum atomic E-state index is -0.792. The fourth-order valence-electron chi connectivity index (χ4n) is 7.87. The van der Waals surface area contributed by atoms with Gasteiger partial charge in [0.05, 0.1) is 29.4 Å². The number of carbonyl (C=O) groups is 3. The second-order valence-electron chi connectivity index (χ2n) is 15.2. The summed E-state index contributed by atoms with van der Waals surface area (Å²) in [4.78, 5) is 43.9. The van der Waals surface area contributed by atoms with Gasteiger partial charge in [-0.2, -0.15) is 0 Å². The van der Waals surface area contributed by atoms with Crippen molar-refractivity contribution in [2.45, 2.75) is 93.2 Å². The number of carbonyl (C=O) groups excluding carboxylic acids is 3. The first-order valence-corrected chi connectivity index (χ1v) is 18.8. The molecule has 56 heavy (non-hydrogen) atoms. The van der Waals surface area contributed by atoms with Crippen molar-refractivity contribution in [3.63, 3.8) is 0 Å². The number of phenolic OH excluding ortho intramolecular Hbond substituents is 2. The van der Waals surface area contributed by atoms with Gasteiger partial charge in [-0.15, -0.1) is 0 Å². The van der Waals surface area contributed by atoms with E-state index >= 15 is 0 Å². The molecule has 0 spiro atoms. The van der Waals surface area contributed by atoms with E-state index in [0.717, 1.165) is 11.8 Å². The molecule has 0 fully saturated rings. The molecule has 4 aromatic rings. The average Bonchev–Trinajstić information content (AvgIpc) is 3.67. The number of aryl methyl sites for hydroxylation is 1. The van der Waals surface area contributed by atoms with Crippen LogP contribution >= 0.6 is 0 Å². The number of nitrogens with one attached hydrogen (secondary N) is 1. The van der Waals surface area contributed by atoms with Gasteiger partial charge in [0.15, 0.2) is 11.9 Å². The van der Waals surface area contributed by atoms with Crippen LogP contribution in [0.15, 0.2) is 54.5 Å². The molecule has 13 nitrogen and oxygen atoms in total. The number of imidazole rings is 1. The highest BCUT2D eigenvalue weighted by atomic mass is 16.5. The molecule has 5 N–H and O–H groups in total. The fraction of sp³-hybridized carbons (Fsp3) is 0.442. The maximum absolute atomic E-state index is 13.7. The summed E-state index contributed by atoms with van der Waals surface area (Å²) >= 11 is 0. The molecular weight excluding hydrogens is 718 g/mol. The Morgan fingerprint density at radius 2 is 1.77 bits per heavy atom. The van der Waals surface area contributed by atoms with Gasteiger partial charge in [-0.25, -0.2) is 4.98 Å². The number of aromatic nitrogens is 2. The number of rotatable bonds is 14. The molecule has 2 aromatic heterocycles. The average molecular weight is 772 g/mol. The van der Waals surface area contributed by atoms with E-state index in [1.165, 1.54) is 20.1 Å². The van der Waals surface area contributed by atoms with Crippen LogP contribution in [0.3, 0.4) is 0 Å². The Balaban J connectivity index is 1.40. The molecular formula is C43H53N3O10. The Morgan fingerprint density at radius 1 is 1.07 bits per heavy atom. The summed E-state index contributed by atoms with van der Waals surface area (Å²) in [6, 6.07) is 3.69. The van der Waals surface area contributed by atoms with Crippen molar-refractivity contribution in [1.82, 2.24) is 9.38 Å². The first kappa shape index (κ1) is 41.8. The van der Waals surface area contributed by atoms with E-state index in [0.29, 0.717) is 23.1 Å². The molecule has 2 aromatic carbocycles. The minimum absolute atomic E-state index is 0.0111. The lowest BCUT2D eigenvalue weighted by atomic mass is 9.80. The third kappa shape index (κ3) is 7.83. The molecule has 8 atom stereocenters. The lowest BCUT2D eigenvalue weighted by Gasteiger charge is -2.34. The van der Waals surface area contributed by atoms with Gasteiger partial charge in [-0.1, -0.05) is 45.9 Å². The second-order valence-corrected chi connectivity index (χ2v) is 15.2. The number of hydrogen-bond donors (Lipinski definition) is 5. The van der Waals surface area contributed by atoms with Gasteiger partial charge >= 0.3 is 5.97 Å². The van der Waals surface area contributed by atoms with Crippen molar-refractivity contribution < 1.29 is 49.0 Å². The maximum Gasteiger partial charge on any atom is 0.302 e. The van der Waals surface area contributed by atoms with Gasteiger partial charge in [0.2, 0.25) is 5.78 Å². The van der Waals surface area contributed by atoms with E-state index in [-0.39, 0.29) is 74.1 Å². The molecule has 0 aliphatic carbocycles. The number of aliphatic hydroxyl groups is 2. The van der Waals surface area contributed by atoms with Crippen LogP contribution in [0.5, 0.6) is 17.2 Å². The Bertz CT molecular complexity index is 2270. The number of fused-ring (bicyclic) bond motifs is 7. The van der Waals surface area contributed by atoms with Crippen LogP contribution < -0.4 is 10.1 Å². The summed E-state index contributed by atoms with van der Waals surface area (Å²) in [6.45, 7) is 15.7. The Morgan fingerprint density at radius 3 is 2.41 bits per heavy atom. The van der Waals surface area contributed by atoms with Crippen LogP contribution in [0.4, 0.5) is 5.69 Å². The zero-order valence-corrected chi connectivity index (χ0v) is 33.6. The third-order valence-electron chi connectivity index (χ3n) is 11.0. The van der Waals surface area contributed by atoms with Gasteiger partial charge in [-0.05, 0) is 69.7 Å². The van der Waals surface area contributed by atoms with E-state index in [1.807, 2.05) is 46.8 Å².